The predicted molar refractivity (Wildman–Crippen MR) is 94.6 cm³/mol. The molecule has 2 aromatic rings. The Morgan fingerprint density at radius 2 is 2.00 bits per heavy atom. The van der Waals surface area contributed by atoms with E-state index in [1.807, 2.05) is 6.92 Å². The highest BCUT2D eigenvalue weighted by molar-refractivity contribution is 9.11. The third kappa shape index (κ3) is 3.87. The van der Waals surface area contributed by atoms with Gasteiger partial charge < -0.3 is 10.1 Å². The molecule has 4 heteroatoms. The molecule has 0 saturated heterocycles. The van der Waals surface area contributed by atoms with E-state index in [0.29, 0.717) is 6.61 Å². The zero-order chi connectivity index (χ0) is 15.4. The van der Waals surface area contributed by atoms with Gasteiger partial charge in [-0.1, -0.05) is 24.6 Å². The van der Waals surface area contributed by atoms with Crippen molar-refractivity contribution in [3.8, 4) is 5.75 Å². The van der Waals surface area contributed by atoms with Gasteiger partial charge >= 0.3 is 0 Å². The highest BCUT2D eigenvalue weighted by Gasteiger charge is 2.20. The van der Waals surface area contributed by atoms with E-state index in [1.165, 1.54) is 25.4 Å². The highest BCUT2D eigenvalue weighted by Crippen LogP contribution is 2.37. The lowest BCUT2D eigenvalue weighted by Crippen LogP contribution is -2.22. The van der Waals surface area contributed by atoms with Gasteiger partial charge in [-0.05, 0) is 60.9 Å². The van der Waals surface area contributed by atoms with Crippen LogP contribution in [0.25, 0.3) is 0 Å². The molecule has 0 saturated carbocycles. The molecular formula is C17H22BrNOS. The van der Waals surface area contributed by atoms with Gasteiger partial charge in [-0.15, -0.1) is 11.3 Å². The lowest BCUT2D eigenvalue weighted by Gasteiger charge is -2.21. The Hall–Kier alpha value is -0.840. The second-order valence-corrected chi connectivity index (χ2v) is 7.47. The van der Waals surface area contributed by atoms with Crippen molar-refractivity contribution in [2.45, 2.75) is 33.7 Å². The minimum absolute atomic E-state index is 0.173. The van der Waals surface area contributed by atoms with Crippen LogP contribution in [0.3, 0.4) is 0 Å². The van der Waals surface area contributed by atoms with Crippen molar-refractivity contribution in [2.75, 3.05) is 13.2 Å². The van der Waals surface area contributed by atoms with Gasteiger partial charge in [0.05, 0.1) is 16.4 Å². The topological polar surface area (TPSA) is 21.3 Å². The van der Waals surface area contributed by atoms with Crippen molar-refractivity contribution < 1.29 is 4.74 Å². The summed E-state index contributed by atoms with van der Waals surface area (Å²) < 4.78 is 7.03. The minimum Gasteiger partial charge on any atom is -0.494 e. The second kappa shape index (κ2) is 7.43. The molecule has 1 heterocycles. The van der Waals surface area contributed by atoms with E-state index < -0.39 is 0 Å². The second-order valence-electron chi connectivity index (χ2n) is 5.07. The van der Waals surface area contributed by atoms with Crippen LogP contribution in [0.4, 0.5) is 0 Å². The fourth-order valence-corrected chi connectivity index (χ4v) is 4.04. The minimum atomic E-state index is 0.173. The Kier molecular flexibility index (Phi) is 5.85. The monoisotopic (exact) mass is 367 g/mol. The molecule has 0 fully saturated rings. The van der Waals surface area contributed by atoms with Crippen LogP contribution in [0.15, 0.2) is 28.1 Å². The normalized spacial score (nSPS) is 12.4. The number of benzene rings is 1. The van der Waals surface area contributed by atoms with Crippen LogP contribution in [-0.4, -0.2) is 13.2 Å². The van der Waals surface area contributed by atoms with Gasteiger partial charge in [0, 0.05) is 10.4 Å². The molecule has 0 aliphatic rings. The molecule has 1 atom stereocenters. The number of hydrogen-bond donors (Lipinski definition) is 1. The third-order valence-corrected chi connectivity index (χ3v) is 5.55. The van der Waals surface area contributed by atoms with Crippen molar-refractivity contribution >= 4 is 27.3 Å². The van der Waals surface area contributed by atoms with E-state index in [2.05, 4.69) is 66.3 Å². The van der Waals surface area contributed by atoms with E-state index in [4.69, 9.17) is 4.74 Å². The number of nitrogens with one attached hydrogen (secondary N) is 1. The van der Waals surface area contributed by atoms with Crippen LogP contribution in [0.2, 0.25) is 0 Å². The van der Waals surface area contributed by atoms with Gasteiger partial charge in [0.25, 0.3) is 0 Å². The molecule has 0 aliphatic carbocycles. The van der Waals surface area contributed by atoms with Gasteiger partial charge in [-0.3, -0.25) is 0 Å². The largest absolute Gasteiger partial charge is 0.494 e. The number of aryl methyl sites for hydroxylation is 2. The molecule has 0 amide bonds. The molecule has 21 heavy (non-hydrogen) atoms. The Balaban J connectivity index is 2.48. The summed E-state index contributed by atoms with van der Waals surface area (Å²) in [5.41, 5.74) is 3.75. The van der Waals surface area contributed by atoms with Gasteiger partial charge in [-0.25, -0.2) is 0 Å². The maximum atomic E-state index is 5.83. The van der Waals surface area contributed by atoms with Gasteiger partial charge in [0.15, 0.2) is 0 Å². The average molecular weight is 368 g/mol. The van der Waals surface area contributed by atoms with Crippen molar-refractivity contribution in [3.63, 3.8) is 0 Å². The summed E-state index contributed by atoms with van der Waals surface area (Å²) in [6.45, 7) is 10.0. The maximum Gasteiger partial charge on any atom is 0.124 e. The fourth-order valence-electron chi connectivity index (χ4n) is 2.37. The van der Waals surface area contributed by atoms with Crippen LogP contribution >= 0.6 is 27.3 Å². The number of ether oxygens (including phenoxy) is 1. The number of rotatable bonds is 6. The predicted octanol–water partition coefficient (Wildman–Crippen LogP) is 5.23. The van der Waals surface area contributed by atoms with Crippen LogP contribution in [-0.2, 0) is 0 Å². The molecule has 0 aliphatic heterocycles. The molecule has 114 valence electrons. The van der Waals surface area contributed by atoms with E-state index in [-0.39, 0.29) is 6.04 Å². The SMILES string of the molecule is CCNC(c1cc(C)c(Br)s1)c1cc(C)ccc1OCC. The smallest absolute Gasteiger partial charge is 0.124 e. The molecule has 1 aromatic carbocycles. The first-order chi connectivity index (χ1) is 10.1. The lowest BCUT2D eigenvalue weighted by atomic mass is 10.0. The lowest BCUT2D eigenvalue weighted by molar-refractivity contribution is 0.333. The molecule has 1 aromatic heterocycles. The molecule has 2 nitrogen and oxygen atoms in total. The highest BCUT2D eigenvalue weighted by atomic mass is 79.9. The van der Waals surface area contributed by atoms with Gasteiger partial charge in [0.1, 0.15) is 5.75 Å². The van der Waals surface area contributed by atoms with Gasteiger partial charge in [-0.2, -0.15) is 0 Å². The summed E-state index contributed by atoms with van der Waals surface area (Å²) in [5, 5.41) is 3.59. The van der Waals surface area contributed by atoms with E-state index in [0.717, 1.165) is 12.3 Å². The fraction of sp³-hybridized carbons (Fsp3) is 0.412. The van der Waals surface area contributed by atoms with Crippen LogP contribution < -0.4 is 10.1 Å². The van der Waals surface area contributed by atoms with Crippen molar-refractivity contribution in [2.24, 2.45) is 0 Å². The molecule has 0 bridgehead atoms. The molecular weight excluding hydrogens is 346 g/mol. The summed E-state index contributed by atoms with van der Waals surface area (Å²) in [7, 11) is 0. The standard InChI is InChI=1S/C17H22BrNOS/c1-5-19-16(15-10-12(4)17(18)21-15)13-9-11(3)7-8-14(13)20-6-2/h7-10,16,19H,5-6H2,1-4H3. The Morgan fingerprint density at radius 1 is 1.24 bits per heavy atom. The first-order valence-corrected chi connectivity index (χ1v) is 8.90. The van der Waals surface area contributed by atoms with E-state index in [1.54, 1.807) is 11.3 Å². The maximum absolute atomic E-state index is 5.83. The van der Waals surface area contributed by atoms with Crippen molar-refractivity contribution in [1.29, 1.82) is 0 Å². The zero-order valence-corrected chi connectivity index (χ0v) is 15.4. The van der Waals surface area contributed by atoms with Crippen LogP contribution in [0.1, 0.15) is 41.5 Å². The van der Waals surface area contributed by atoms with E-state index >= 15 is 0 Å². The molecule has 1 N–H and O–H groups in total. The molecule has 2 rings (SSSR count). The van der Waals surface area contributed by atoms with Crippen molar-refractivity contribution in [3.05, 3.63) is 49.6 Å². The summed E-state index contributed by atoms with van der Waals surface area (Å²) in [4.78, 5) is 1.31. The number of thiophene rings is 1. The Labute approximate surface area is 139 Å². The Morgan fingerprint density at radius 3 is 2.57 bits per heavy atom. The average Bonchev–Trinajstić information content (AvgIpc) is 2.78. The molecule has 0 spiro atoms. The van der Waals surface area contributed by atoms with Gasteiger partial charge in [0.2, 0.25) is 0 Å². The summed E-state index contributed by atoms with van der Waals surface area (Å²) in [5.74, 6) is 0.969. The quantitative estimate of drug-likeness (QED) is 0.754. The first-order valence-electron chi connectivity index (χ1n) is 7.29. The summed E-state index contributed by atoms with van der Waals surface area (Å²) in [6.07, 6.45) is 0. The first kappa shape index (κ1) is 16.5. The third-order valence-electron chi connectivity index (χ3n) is 3.35. The number of halogens is 1. The number of hydrogen-bond acceptors (Lipinski definition) is 3. The summed E-state index contributed by atoms with van der Waals surface area (Å²) >= 11 is 5.42. The van der Waals surface area contributed by atoms with E-state index in [9.17, 15) is 0 Å². The molecule has 0 radical (unpaired) electrons. The van der Waals surface area contributed by atoms with Crippen LogP contribution in [0, 0.1) is 13.8 Å². The van der Waals surface area contributed by atoms with Crippen molar-refractivity contribution in [1.82, 2.24) is 5.32 Å². The molecule has 1 unspecified atom stereocenters. The Bertz CT molecular complexity index is 589. The summed E-state index contributed by atoms with van der Waals surface area (Å²) in [6, 6.07) is 8.83. The van der Waals surface area contributed by atoms with Crippen LogP contribution in [0.5, 0.6) is 5.75 Å². The zero-order valence-electron chi connectivity index (χ0n) is 13.0.